The first-order chi connectivity index (χ1) is 44.7. The third-order valence-electron chi connectivity index (χ3n) is 15.4. The number of imidazole rings is 1. The lowest BCUT2D eigenvalue weighted by molar-refractivity contribution is -0.145. The standard InChI is InChI=1S/C61H98N16O18/c1-30(2)21-37(63)50(83)75-48(33(7)80)59(92)70-41(24-36-26-65-29-66-36)54(87)72-43(27-78)55(88)67-38(17-12-13-19-62)51(84)71-42(25-46(64)82)60(93)77-20-14-18-45(77)57(90)74-47(32(5)6)58(91)69-40(23-35-15-10-9-11-16-35)53(86)68-39(22-31(3)4)52(85)73-44(28-79)56(89)76-49(34(8)81)61(94)95/h9-11,15-16,26,29-34,37-45,47-49,78-81H,12-14,17-25,27-28,62-63H2,1-8H3,(H2,64,82)(H,65,66)(H,67,88)(H,68,86)(H,69,91)(H,70,92)(H,71,84)(H,72,87)(H,73,85)(H,74,90)(H,75,83)(H,76,89)(H,94,95)/t33-,34-,37+,38+,39+,40+,41+,42+,43+,44+,45+,47+,48+,49+/m1/s1. The number of amides is 12. The van der Waals surface area contributed by atoms with E-state index in [4.69, 9.17) is 17.2 Å². The number of aliphatic hydroxyl groups excluding tert-OH is 4. The minimum atomic E-state index is -1.80. The number of unbranched alkanes of at least 4 members (excludes halogenated alkanes) is 1. The van der Waals surface area contributed by atoms with E-state index in [1.165, 1.54) is 19.4 Å². The van der Waals surface area contributed by atoms with E-state index in [-0.39, 0.29) is 76.3 Å². The van der Waals surface area contributed by atoms with Crippen LogP contribution in [0.1, 0.15) is 118 Å². The first-order valence-corrected chi connectivity index (χ1v) is 31.6. The molecule has 0 unspecified atom stereocenters. The summed E-state index contributed by atoms with van der Waals surface area (Å²) in [6.07, 6.45) is -0.799. The van der Waals surface area contributed by atoms with Crippen molar-refractivity contribution >= 4 is 76.9 Å². The number of carbonyl (C=O) groups is 13. The van der Waals surface area contributed by atoms with Gasteiger partial charge >= 0.3 is 5.97 Å². The maximum Gasteiger partial charge on any atom is 0.328 e. The Balaban J connectivity index is 1.87. The van der Waals surface area contributed by atoms with Crippen LogP contribution in [0.25, 0.3) is 0 Å². The molecule has 34 heteroatoms. The zero-order valence-electron chi connectivity index (χ0n) is 54.9. The summed E-state index contributed by atoms with van der Waals surface area (Å²) in [5.41, 5.74) is 18.2. The van der Waals surface area contributed by atoms with Gasteiger partial charge in [-0.15, -0.1) is 0 Å². The topological polar surface area (TPSA) is 553 Å². The van der Waals surface area contributed by atoms with E-state index in [2.05, 4.69) is 63.1 Å². The number of aromatic nitrogens is 2. The molecule has 0 spiro atoms. The van der Waals surface area contributed by atoms with Crippen LogP contribution in [-0.4, -0.2) is 228 Å². The number of hydrogen-bond donors (Lipinski definition) is 19. The average molecular weight is 1340 g/mol. The molecule has 530 valence electrons. The zero-order valence-corrected chi connectivity index (χ0v) is 54.9. The van der Waals surface area contributed by atoms with Crippen LogP contribution in [-0.2, 0) is 75.2 Å². The highest BCUT2D eigenvalue weighted by atomic mass is 16.4. The van der Waals surface area contributed by atoms with Crippen LogP contribution in [0.15, 0.2) is 42.9 Å². The molecule has 12 amide bonds. The normalized spacial score (nSPS) is 17.1. The number of nitrogens with one attached hydrogen (secondary N) is 11. The van der Waals surface area contributed by atoms with Crippen LogP contribution >= 0.6 is 0 Å². The van der Waals surface area contributed by atoms with Crippen molar-refractivity contribution in [2.45, 2.75) is 204 Å². The molecule has 0 aliphatic carbocycles. The number of rotatable bonds is 41. The molecule has 0 saturated carbocycles. The molecule has 0 radical (unpaired) electrons. The lowest BCUT2D eigenvalue weighted by Crippen LogP contribution is -2.62. The predicted octanol–water partition coefficient (Wildman–Crippen LogP) is -6.06. The number of nitrogens with zero attached hydrogens (tertiary/aromatic N) is 2. The number of hydrogen-bond acceptors (Lipinski definition) is 20. The SMILES string of the molecule is CC(C)C[C@H](NC(=O)[C@H](Cc1ccccc1)NC(=O)[C@@H](NC(=O)[C@@H]1CCCN1C(=O)[C@H](CC(N)=O)NC(=O)[C@H](CCCCN)NC(=O)[C@H](CO)NC(=O)[C@H](Cc1cnc[nH]1)NC(=O)[C@@H](NC(=O)[C@@H](N)CC(C)C)[C@@H](C)O)C(C)C)C(=O)N[C@@H](CO)C(=O)N[C@H](C(=O)O)[C@@H](C)O. The number of likely N-dealkylation sites (tertiary alicyclic amines) is 1. The molecule has 1 fully saturated rings. The Labute approximate surface area is 550 Å². The van der Waals surface area contributed by atoms with E-state index in [0.29, 0.717) is 17.7 Å². The van der Waals surface area contributed by atoms with Crippen molar-refractivity contribution in [3.63, 3.8) is 0 Å². The first-order valence-electron chi connectivity index (χ1n) is 31.6. The van der Waals surface area contributed by atoms with Gasteiger partial charge < -0.3 is 106 Å². The maximum atomic E-state index is 14.6. The summed E-state index contributed by atoms with van der Waals surface area (Å²) < 4.78 is 0. The predicted molar refractivity (Wildman–Crippen MR) is 340 cm³/mol. The second-order valence-corrected chi connectivity index (χ2v) is 24.8. The molecule has 0 bridgehead atoms. The third-order valence-corrected chi connectivity index (χ3v) is 15.4. The van der Waals surface area contributed by atoms with E-state index >= 15 is 0 Å². The van der Waals surface area contributed by atoms with Crippen molar-refractivity contribution in [1.29, 1.82) is 0 Å². The van der Waals surface area contributed by atoms with E-state index in [0.717, 1.165) is 11.8 Å². The van der Waals surface area contributed by atoms with Crippen LogP contribution in [0.2, 0.25) is 0 Å². The van der Waals surface area contributed by atoms with E-state index in [1.54, 1.807) is 58.0 Å². The molecule has 1 aliphatic rings. The van der Waals surface area contributed by atoms with Crippen LogP contribution in [0.5, 0.6) is 0 Å². The van der Waals surface area contributed by atoms with Gasteiger partial charge in [-0.05, 0) is 88.7 Å². The zero-order chi connectivity index (χ0) is 71.4. The van der Waals surface area contributed by atoms with Crippen molar-refractivity contribution in [3.8, 4) is 0 Å². The Hall–Kier alpha value is -8.70. The molecule has 2 heterocycles. The quantitative estimate of drug-likeness (QED) is 0.0276. The number of nitrogens with two attached hydrogens (primary N) is 3. The molecule has 2 aromatic rings. The van der Waals surface area contributed by atoms with Gasteiger partial charge in [0.05, 0.1) is 44.2 Å². The van der Waals surface area contributed by atoms with Crippen molar-refractivity contribution in [1.82, 2.24) is 68.0 Å². The highest BCUT2D eigenvalue weighted by Gasteiger charge is 2.42. The summed E-state index contributed by atoms with van der Waals surface area (Å²) in [4.78, 5) is 185. The summed E-state index contributed by atoms with van der Waals surface area (Å²) in [6.45, 7) is 10.6. The molecule has 22 N–H and O–H groups in total. The number of carboxylic acids is 1. The van der Waals surface area contributed by atoms with Gasteiger partial charge in [-0.2, -0.15) is 0 Å². The summed E-state index contributed by atoms with van der Waals surface area (Å²) in [7, 11) is 0. The average Bonchev–Trinajstić information content (AvgIpc) is 1.78. The smallest absolute Gasteiger partial charge is 0.328 e. The van der Waals surface area contributed by atoms with Crippen LogP contribution in [0, 0.1) is 17.8 Å². The molecular weight excluding hydrogens is 1240 g/mol. The highest BCUT2D eigenvalue weighted by molar-refractivity contribution is 6.00. The number of benzene rings is 1. The number of carboxylic acid groups (broad SMARTS) is 1. The Kier molecular flexibility index (Phi) is 33.8. The van der Waals surface area contributed by atoms with Crippen LogP contribution in [0.3, 0.4) is 0 Å². The Bertz CT molecular complexity index is 2900. The maximum absolute atomic E-state index is 14.6. The molecule has 1 saturated heterocycles. The van der Waals surface area contributed by atoms with Gasteiger partial charge in [-0.3, -0.25) is 57.5 Å². The fraction of sp³-hybridized carbons (Fsp3) is 0.639. The summed E-state index contributed by atoms with van der Waals surface area (Å²) in [5, 5.41) is 74.8. The molecule has 95 heavy (non-hydrogen) atoms. The fourth-order valence-corrected chi connectivity index (χ4v) is 10.2. The number of aliphatic carboxylic acids is 1. The minimum absolute atomic E-state index is 0.00813. The second kappa shape index (κ2) is 39.9. The van der Waals surface area contributed by atoms with Gasteiger partial charge in [0.2, 0.25) is 70.9 Å². The molecule has 3 rings (SSSR count). The summed E-state index contributed by atoms with van der Waals surface area (Å²) in [5.74, 6) is -14.2. The third kappa shape index (κ3) is 26.6. The lowest BCUT2D eigenvalue weighted by Gasteiger charge is -2.31. The molecule has 1 aliphatic heterocycles. The van der Waals surface area contributed by atoms with Gasteiger partial charge in [0.25, 0.3) is 0 Å². The Morgan fingerprint density at radius 1 is 0.579 bits per heavy atom. The van der Waals surface area contributed by atoms with Crippen LogP contribution in [0.4, 0.5) is 0 Å². The van der Waals surface area contributed by atoms with Crippen molar-refractivity contribution in [3.05, 3.63) is 54.1 Å². The van der Waals surface area contributed by atoms with Gasteiger partial charge in [0.1, 0.15) is 60.4 Å². The molecule has 14 atom stereocenters. The lowest BCUT2D eigenvalue weighted by atomic mass is 9.99. The summed E-state index contributed by atoms with van der Waals surface area (Å²) in [6, 6.07) is -9.93. The van der Waals surface area contributed by atoms with E-state index in [9.17, 15) is 87.9 Å². The van der Waals surface area contributed by atoms with Crippen molar-refractivity contribution in [2.75, 3.05) is 26.3 Å². The second-order valence-electron chi connectivity index (χ2n) is 24.8. The Morgan fingerprint density at radius 2 is 1.06 bits per heavy atom. The number of carbonyl (C=O) groups excluding carboxylic acids is 12. The van der Waals surface area contributed by atoms with Crippen molar-refractivity contribution < 1.29 is 87.9 Å². The number of aliphatic hydroxyl groups is 4. The Morgan fingerprint density at radius 3 is 1.57 bits per heavy atom. The largest absolute Gasteiger partial charge is 0.480 e. The summed E-state index contributed by atoms with van der Waals surface area (Å²) >= 11 is 0. The molecular formula is C61H98N16O18. The van der Waals surface area contributed by atoms with Crippen LogP contribution < -0.4 is 70.4 Å². The molecule has 1 aromatic carbocycles. The fourth-order valence-electron chi connectivity index (χ4n) is 10.2. The first kappa shape index (κ1) is 80.5. The van der Waals surface area contributed by atoms with E-state index < -0.39 is 187 Å². The van der Waals surface area contributed by atoms with Gasteiger partial charge in [0, 0.05) is 31.3 Å². The molecule has 34 nitrogen and oxygen atoms in total. The van der Waals surface area contributed by atoms with E-state index in [1.807, 2.05) is 13.8 Å². The number of H-pyrrole nitrogens is 1. The number of aromatic amines is 1. The van der Waals surface area contributed by atoms with Gasteiger partial charge in [-0.1, -0.05) is 71.9 Å². The van der Waals surface area contributed by atoms with Crippen molar-refractivity contribution in [2.24, 2.45) is 35.0 Å². The monoisotopic (exact) mass is 1340 g/mol. The minimum Gasteiger partial charge on any atom is -0.480 e. The van der Waals surface area contributed by atoms with Gasteiger partial charge in [-0.25, -0.2) is 9.78 Å². The number of primary amides is 1. The molecule has 1 aromatic heterocycles. The van der Waals surface area contributed by atoms with Gasteiger partial charge in [0.15, 0.2) is 6.04 Å². The highest BCUT2D eigenvalue weighted by Crippen LogP contribution is 2.21.